The highest BCUT2D eigenvalue weighted by Crippen LogP contribution is 2.52. The minimum absolute atomic E-state index is 0.138. The van der Waals surface area contributed by atoms with E-state index < -0.39 is 0 Å². The maximum atomic E-state index is 12.5. The summed E-state index contributed by atoms with van der Waals surface area (Å²) in [6.07, 6.45) is 6.58. The third kappa shape index (κ3) is 5.17. The second-order valence-electron chi connectivity index (χ2n) is 8.75. The van der Waals surface area contributed by atoms with Crippen molar-refractivity contribution >= 4 is 52.2 Å². The Balaban J connectivity index is 1.61. The van der Waals surface area contributed by atoms with Crippen molar-refractivity contribution in [3.63, 3.8) is 0 Å². The molecule has 0 aromatic heterocycles. The fourth-order valence-corrected chi connectivity index (χ4v) is 5.68. The molecule has 33 heavy (non-hydrogen) atoms. The number of nitrogens with one attached hydrogen (secondary N) is 1. The van der Waals surface area contributed by atoms with Gasteiger partial charge in [-0.2, -0.15) is 0 Å². The molecule has 1 saturated carbocycles. The number of benzene rings is 2. The molecule has 2 aliphatic rings. The average Bonchev–Trinajstić information content (AvgIpc) is 3.29. The van der Waals surface area contributed by atoms with Gasteiger partial charge in [-0.1, -0.05) is 60.5 Å². The number of hydrogen-bond acceptors (Lipinski definition) is 4. The largest absolute Gasteiger partial charge is 0.325 e. The van der Waals surface area contributed by atoms with E-state index in [-0.39, 0.29) is 17.1 Å². The second-order valence-corrected chi connectivity index (χ2v) is 10.1. The number of amidine groups is 1. The molecule has 1 fully saturated rings. The van der Waals surface area contributed by atoms with Gasteiger partial charge in [0.15, 0.2) is 5.17 Å². The van der Waals surface area contributed by atoms with Crippen LogP contribution in [0, 0.1) is 5.41 Å². The Bertz CT molecular complexity index is 1100. The first kappa shape index (κ1) is 23.6. The molecular formula is C26H28ClN3O2S. The maximum absolute atomic E-state index is 12.5. The molecule has 0 unspecified atom stereocenters. The Labute approximate surface area is 204 Å². The Morgan fingerprint density at radius 2 is 1.88 bits per heavy atom. The molecule has 4 rings (SSSR count). The first-order chi connectivity index (χ1) is 15.9. The van der Waals surface area contributed by atoms with Crippen molar-refractivity contribution in [3.8, 4) is 0 Å². The van der Waals surface area contributed by atoms with Crippen molar-refractivity contribution in [2.75, 3.05) is 18.1 Å². The van der Waals surface area contributed by atoms with Gasteiger partial charge in [-0.05, 0) is 67.0 Å². The van der Waals surface area contributed by atoms with Crippen LogP contribution in [0.25, 0.3) is 5.70 Å². The van der Waals surface area contributed by atoms with E-state index in [4.69, 9.17) is 16.6 Å². The molecule has 0 saturated heterocycles. The topological polar surface area (TPSA) is 61.8 Å². The normalized spacial score (nSPS) is 17.1. The lowest BCUT2D eigenvalue weighted by Crippen LogP contribution is -2.28. The van der Waals surface area contributed by atoms with Crippen molar-refractivity contribution < 1.29 is 9.59 Å². The number of aliphatic imine (C=N–C) groups is 1. The van der Waals surface area contributed by atoms with E-state index in [1.807, 2.05) is 6.07 Å². The first-order valence-electron chi connectivity index (χ1n) is 11.2. The smallest absolute Gasteiger partial charge is 0.234 e. The van der Waals surface area contributed by atoms with Crippen LogP contribution in [-0.2, 0) is 16.0 Å². The predicted molar refractivity (Wildman–Crippen MR) is 137 cm³/mol. The molecule has 2 amide bonds. The quantitative estimate of drug-likeness (QED) is 0.323. The fourth-order valence-electron chi connectivity index (χ4n) is 4.82. The average molecular weight is 482 g/mol. The summed E-state index contributed by atoms with van der Waals surface area (Å²) < 4.78 is 0. The summed E-state index contributed by atoms with van der Waals surface area (Å²) in [5.41, 5.74) is 5.48. The van der Waals surface area contributed by atoms with Crippen LogP contribution in [0.2, 0.25) is 5.02 Å². The summed E-state index contributed by atoms with van der Waals surface area (Å²) >= 11 is 7.17. The third-order valence-corrected chi connectivity index (χ3v) is 7.94. The molecule has 1 N–H and O–H groups in total. The number of carbonyl (C=O) groups is 2. The van der Waals surface area contributed by atoms with E-state index in [9.17, 15) is 9.59 Å². The number of allylic oxidation sites excluding steroid dienone is 1. The van der Waals surface area contributed by atoms with E-state index >= 15 is 0 Å². The lowest BCUT2D eigenvalue weighted by atomic mass is 9.69. The van der Waals surface area contributed by atoms with Crippen molar-refractivity contribution in [2.24, 2.45) is 10.4 Å². The maximum Gasteiger partial charge on any atom is 0.234 e. The number of fused-ring (bicyclic) bond motifs is 1. The van der Waals surface area contributed by atoms with Crippen LogP contribution in [-0.4, -0.2) is 35.2 Å². The van der Waals surface area contributed by atoms with Crippen molar-refractivity contribution in [1.82, 2.24) is 4.90 Å². The molecule has 7 heteroatoms. The number of rotatable bonds is 5. The van der Waals surface area contributed by atoms with Crippen LogP contribution in [0.4, 0.5) is 5.69 Å². The fraction of sp³-hybridized carbons (Fsp3) is 0.346. The monoisotopic (exact) mass is 481 g/mol. The van der Waals surface area contributed by atoms with Crippen LogP contribution >= 0.6 is 23.4 Å². The Kier molecular flexibility index (Phi) is 7.25. The highest BCUT2D eigenvalue weighted by molar-refractivity contribution is 8.14. The molecule has 1 spiro atoms. The Morgan fingerprint density at radius 1 is 1.18 bits per heavy atom. The summed E-state index contributed by atoms with van der Waals surface area (Å²) in [6, 6.07) is 15.4. The van der Waals surface area contributed by atoms with E-state index in [0.717, 1.165) is 24.1 Å². The van der Waals surface area contributed by atoms with Gasteiger partial charge in [-0.15, -0.1) is 0 Å². The van der Waals surface area contributed by atoms with Gasteiger partial charge in [-0.3, -0.25) is 14.5 Å². The summed E-state index contributed by atoms with van der Waals surface area (Å²) in [4.78, 5) is 30.6. The van der Waals surface area contributed by atoms with Gasteiger partial charge in [0, 0.05) is 23.3 Å². The summed E-state index contributed by atoms with van der Waals surface area (Å²) in [6.45, 7) is 2.19. The number of thioether (sulfide) groups is 1. The minimum Gasteiger partial charge on any atom is -0.325 e. The summed E-state index contributed by atoms with van der Waals surface area (Å²) in [5, 5.41) is 3.98. The lowest BCUT2D eigenvalue weighted by molar-refractivity contribution is -0.114. The van der Waals surface area contributed by atoms with Crippen molar-refractivity contribution in [3.05, 3.63) is 70.3 Å². The molecule has 2 aromatic rings. The number of halogens is 1. The molecule has 172 valence electrons. The molecule has 0 atom stereocenters. The number of amides is 2. The highest BCUT2D eigenvalue weighted by atomic mass is 35.5. The van der Waals surface area contributed by atoms with Gasteiger partial charge in [0.05, 0.1) is 11.4 Å². The summed E-state index contributed by atoms with van der Waals surface area (Å²) in [5.74, 6) is -0.0324. The molecular weight excluding hydrogens is 454 g/mol. The Hall–Kier alpha value is -2.57. The standard InChI is InChI=1S/C26H28ClN3O2S/c1-18-24(22-8-4-3-7-19(22)15-26(18)13-5-6-14-26)29-25(30(2)17-31)33-16-23(32)28-21-11-9-20(27)10-12-21/h3-4,7-12,17H,5-6,13-16H2,1-2H3,(H,28,32). The molecule has 0 bridgehead atoms. The van der Waals surface area contributed by atoms with E-state index in [1.165, 1.54) is 53.5 Å². The van der Waals surface area contributed by atoms with E-state index in [1.54, 1.807) is 31.3 Å². The second kappa shape index (κ2) is 10.1. The number of nitrogens with zero attached hydrogens (tertiary/aromatic N) is 2. The van der Waals surface area contributed by atoms with Crippen LogP contribution in [0.3, 0.4) is 0 Å². The zero-order valence-electron chi connectivity index (χ0n) is 18.9. The zero-order valence-corrected chi connectivity index (χ0v) is 20.5. The molecule has 0 aliphatic heterocycles. The van der Waals surface area contributed by atoms with Crippen LogP contribution in [0.15, 0.2) is 59.1 Å². The lowest BCUT2D eigenvalue weighted by Gasteiger charge is -2.37. The van der Waals surface area contributed by atoms with Crippen LogP contribution in [0.1, 0.15) is 43.7 Å². The van der Waals surface area contributed by atoms with Crippen LogP contribution in [0.5, 0.6) is 0 Å². The van der Waals surface area contributed by atoms with Gasteiger partial charge in [0.25, 0.3) is 0 Å². The first-order valence-corrected chi connectivity index (χ1v) is 12.5. The molecule has 2 aromatic carbocycles. The van der Waals surface area contributed by atoms with Crippen LogP contribution < -0.4 is 5.32 Å². The van der Waals surface area contributed by atoms with E-state index in [0.29, 0.717) is 15.9 Å². The molecule has 2 aliphatic carbocycles. The SMILES string of the molecule is CC1=C(N=C(SCC(=O)Nc2ccc(Cl)cc2)N(C)C=O)c2ccccc2CC12CCCC2. The van der Waals surface area contributed by atoms with Crippen molar-refractivity contribution in [2.45, 2.75) is 39.0 Å². The number of hydrogen-bond donors (Lipinski definition) is 1. The molecule has 0 heterocycles. The molecule has 0 radical (unpaired) electrons. The molecule has 5 nitrogen and oxygen atoms in total. The van der Waals surface area contributed by atoms with Gasteiger partial charge in [-0.25, -0.2) is 4.99 Å². The van der Waals surface area contributed by atoms with E-state index in [2.05, 4.69) is 30.4 Å². The van der Waals surface area contributed by atoms with Gasteiger partial charge >= 0.3 is 0 Å². The van der Waals surface area contributed by atoms with Gasteiger partial charge in [0.2, 0.25) is 12.3 Å². The number of carbonyl (C=O) groups excluding carboxylic acids is 2. The Morgan fingerprint density at radius 3 is 2.58 bits per heavy atom. The van der Waals surface area contributed by atoms with Gasteiger partial charge < -0.3 is 5.32 Å². The third-order valence-electron chi connectivity index (χ3n) is 6.64. The predicted octanol–water partition coefficient (Wildman–Crippen LogP) is 6.00. The zero-order chi connectivity index (χ0) is 23.4. The highest BCUT2D eigenvalue weighted by Gasteiger charge is 2.40. The van der Waals surface area contributed by atoms with Crippen molar-refractivity contribution in [1.29, 1.82) is 0 Å². The van der Waals surface area contributed by atoms with Gasteiger partial charge in [0.1, 0.15) is 0 Å². The summed E-state index contributed by atoms with van der Waals surface area (Å²) in [7, 11) is 1.67. The number of anilines is 1. The minimum atomic E-state index is -0.170.